The van der Waals surface area contributed by atoms with Crippen molar-refractivity contribution in [3.63, 3.8) is 0 Å². The molecule has 1 unspecified atom stereocenters. The number of hydrogen-bond donors (Lipinski definition) is 3. The van der Waals surface area contributed by atoms with Gasteiger partial charge in [-0.25, -0.2) is 0 Å². The lowest BCUT2D eigenvalue weighted by atomic mass is 10.1. The van der Waals surface area contributed by atoms with Crippen LogP contribution in [0.4, 0.5) is 30.2 Å². The number of carbonyl (C=O) groups is 1. The number of benzene rings is 3. The third kappa shape index (κ3) is 7.38. The number of anilines is 3. The zero-order chi connectivity index (χ0) is 24.9. The molecule has 0 spiro atoms. The number of thiocarbonyl (C=S) groups is 1. The van der Waals surface area contributed by atoms with Crippen molar-refractivity contribution in [1.29, 1.82) is 0 Å². The standard InChI is InChI=1S/C24H21ClF3N3OS2/c1-14-6-9-17(10-7-14)29-23(33)30-18-4-3-5-19(13-18)34-15(2)22(32)31-21-11-8-16(25)12-20(21)24(26,27)28/h3-13,15H,1-2H3,(H,31,32)(H2,29,30,33). The molecule has 0 aliphatic rings. The Morgan fingerprint density at radius 3 is 2.32 bits per heavy atom. The highest BCUT2D eigenvalue weighted by molar-refractivity contribution is 8.00. The average Bonchev–Trinajstić information content (AvgIpc) is 2.76. The topological polar surface area (TPSA) is 53.2 Å². The number of hydrogen-bond acceptors (Lipinski definition) is 3. The molecule has 0 bridgehead atoms. The van der Waals surface area contributed by atoms with E-state index in [1.807, 2.05) is 37.3 Å². The van der Waals surface area contributed by atoms with Gasteiger partial charge >= 0.3 is 6.18 Å². The first-order valence-corrected chi connectivity index (χ1v) is 11.8. The van der Waals surface area contributed by atoms with E-state index in [0.29, 0.717) is 10.8 Å². The Morgan fingerprint density at radius 1 is 0.971 bits per heavy atom. The van der Waals surface area contributed by atoms with Crippen molar-refractivity contribution in [3.05, 3.63) is 82.9 Å². The van der Waals surface area contributed by atoms with Crippen molar-refractivity contribution in [1.82, 2.24) is 0 Å². The number of rotatable bonds is 6. The fourth-order valence-electron chi connectivity index (χ4n) is 2.93. The van der Waals surface area contributed by atoms with Gasteiger partial charge in [0.1, 0.15) is 0 Å². The van der Waals surface area contributed by atoms with Gasteiger partial charge in [0, 0.05) is 21.3 Å². The molecule has 0 aliphatic heterocycles. The lowest BCUT2D eigenvalue weighted by Gasteiger charge is -2.17. The zero-order valence-corrected chi connectivity index (χ0v) is 20.6. The number of carbonyl (C=O) groups excluding carboxylic acids is 1. The van der Waals surface area contributed by atoms with Crippen LogP contribution in [0, 0.1) is 6.92 Å². The van der Waals surface area contributed by atoms with Crippen molar-refractivity contribution >= 4 is 63.7 Å². The second-order valence-electron chi connectivity index (χ2n) is 7.41. The number of nitrogens with one attached hydrogen (secondary N) is 3. The highest BCUT2D eigenvalue weighted by Gasteiger charge is 2.34. The molecule has 0 aliphatic carbocycles. The van der Waals surface area contributed by atoms with Gasteiger partial charge in [0.15, 0.2) is 5.11 Å². The molecule has 4 nitrogen and oxygen atoms in total. The molecule has 1 amide bonds. The second-order valence-corrected chi connectivity index (χ2v) is 9.67. The van der Waals surface area contributed by atoms with Crippen molar-refractivity contribution in [3.8, 4) is 0 Å². The zero-order valence-electron chi connectivity index (χ0n) is 18.2. The molecule has 3 aromatic carbocycles. The van der Waals surface area contributed by atoms with Gasteiger partial charge in [-0.05, 0) is 74.6 Å². The smallest absolute Gasteiger partial charge is 0.332 e. The summed E-state index contributed by atoms with van der Waals surface area (Å²) in [7, 11) is 0. The van der Waals surface area contributed by atoms with Gasteiger partial charge in [-0.1, -0.05) is 35.4 Å². The molecule has 1 atom stereocenters. The van der Waals surface area contributed by atoms with Crippen LogP contribution in [0.15, 0.2) is 71.6 Å². The maximum Gasteiger partial charge on any atom is 0.418 e. The molecule has 3 N–H and O–H groups in total. The van der Waals surface area contributed by atoms with E-state index in [4.69, 9.17) is 23.8 Å². The molecule has 178 valence electrons. The maximum atomic E-state index is 13.3. The number of alkyl halides is 3. The molecule has 3 aromatic rings. The summed E-state index contributed by atoms with van der Waals surface area (Å²) in [6, 6.07) is 18.2. The Hall–Kier alpha value is -2.75. The lowest BCUT2D eigenvalue weighted by Crippen LogP contribution is -2.24. The predicted octanol–water partition coefficient (Wildman–Crippen LogP) is 7.60. The molecule has 0 heterocycles. The van der Waals surface area contributed by atoms with Crippen LogP contribution < -0.4 is 16.0 Å². The molecule has 0 fully saturated rings. The van der Waals surface area contributed by atoms with E-state index in [0.717, 1.165) is 28.3 Å². The fraction of sp³-hybridized carbons (Fsp3) is 0.167. The summed E-state index contributed by atoms with van der Waals surface area (Å²) in [5.41, 5.74) is 1.36. The highest BCUT2D eigenvalue weighted by atomic mass is 35.5. The van der Waals surface area contributed by atoms with E-state index in [2.05, 4.69) is 16.0 Å². The molecule has 0 saturated carbocycles. The molecule has 0 radical (unpaired) electrons. The Kier molecular flexibility index (Phi) is 8.46. The molecular weight excluding hydrogens is 503 g/mol. The van der Waals surface area contributed by atoms with E-state index < -0.39 is 22.9 Å². The molecule has 10 heteroatoms. The largest absolute Gasteiger partial charge is 0.418 e. The predicted molar refractivity (Wildman–Crippen MR) is 138 cm³/mol. The number of amides is 1. The lowest BCUT2D eigenvalue weighted by molar-refractivity contribution is -0.137. The Bertz CT molecular complexity index is 1190. The Labute approximate surface area is 210 Å². The van der Waals surface area contributed by atoms with Gasteiger partial charge in [0.2, 0.25) is 5.91 Å². The molecule has 34 heavy (non-hydrogen) atoms. The van der Waals surface area contributed by atoms with Crippen LogP contribution >= 0.6 is 35.6 Å². The molecule has 0 aromatic heterocycles. The van der Waals surface area contributed by atoms with Gasteiger partial charge in [-0.15, -0.1) is 11.8 Å². The third-order valence-corrected chi connectivity index (χ3v) is 6.16. The van der Waals surface area contributed by atoms with E-state index in [1.165, 1.54) is 17.8 Å². The van der Waals surface area contributed by atoms with Gasteiger partial charge in [-0.2, -0.15) is 13.2 Å². The van der Waals surface area contributed by atoms with Crippen LogP contribution in [-0.4, -0.2) is 16.3 Å². The van der Waals surface area contributed by atoms with Crippen molar-refractivity contribution in [2.45, 2.75) is 30.2 Å². The summed E-state index contributed by atoms with van der Waals surface area (Å²) >= 11 is 12.3. The van der Waals surface area contributed by atoms with Crippen molar-refractivity contribution in [2.24, 2.45) is 0 Å². The van der Waals surface area contributed by atoms with Gasteiger partial charge in [0.25, 0.3) is 0 Å². The fourth-order valence-corrected chi connectivity index (χ4v) is 4.26. The normalized spacial score (nSPS) is 12.1. The minimum Gasteiger partial charge on any atom is -0.332 e. The maximum absolute atomic E-state index is 13.3. The quantitative estimate of drug-likeness (QED) is 0.229. The molecule has 3 rings (SSSR count). The minimum atomic E-state index is -4.64. The van der Waals surface area contributed by atoms with Gasteiger partial charge in [0.05, 0.1) is 16.5 Å². The van der Waals surface area contributed by atoms with Gasteiger partial charge < -0.3 is 16.0 Å². The van der Waals surface area contributed by atoms with Crippen molar-refractivity contribution in [2.75, 3.05) is 16.0 Å². The number of halogens is 4. The highest BCUT2D eigenvalue weighted by Crippen LogP contribution is 2.37. The first-order chi connectivity index (χ1) is 16.0. The van der Waals surface area contributed by atoms with Crippen LogP contribution in [0.5, 0.6) is 0 Å². The summed E-state index contributed by atoms with van der Waals surface area (Å²) in [4.78, 5) is 13.3. The molecule has 0 saturated heterocycles. The summed E-state index contributed by atoms with van der Waals surface area (Å²) in [5, 5.41) is 8.21. The minimum absolute atomic E-state index is 0.0631. The summed E-state index contributed by atoms with van der Waals surface area (Å²) in [6.07, 6.45) is -4.64. The van der Waals surface area contributed by atoms with Crippen LogP contribution in [0.3, 0.4) is 0 Å². The van der Waals surface area contributed by atoms with Crippen molar-refractivity contribution < 1.29 is 18.0 Å². The van der Waals surface area contributed by atoms with Crippen LogP contribution in [0.25, 0.3) is 0 Å². The number of aryl methyl sites for hydroxylation is 1. The van der Waals surface area contributed by atoms with E-state index >= 15 is 0 Å². The summed E-state index contributed by atoms with van der Waals surface area (Å²) in [6.45, 7) is 3.61. The van der Waals surface area contributed by atoms with E-state index in [9.17, 15) is 18.0 Å². The number of thioether (sulfide) groups is 1. The Morgan fingerprint density at radius 2 is 1.65 bits per heavy atom. The van der Waals surface area contributed by atoms with Crippen LogP contribution in [0.1, 0.15) is 18.1 Å². The average molecular weight is 524 g/mol. The second kappa shape index (κ2) is 11.1. The Balaban J connectivity index is 1.62. The van der Waals surface area contributed by atoms with Gasteiger partial charge in [-0.3, -0.25) is 4.79 Å². The van der Waals surface area contributed by atoms with Crippen LogP contribution in [-0.2, 0) is 11.0 Å². The third-order valence-electron chi connectivity index (χ3n) is 4.63. The monoisotopic (exact) mass is 523 g/mol. The van der Waals surface area contributed by atoms with E-state index in [-0.39, 0.29) is 10.7 Å². The first-order valence-electron chi connectivity index (χ1n) is 10.1. The SMILES string of the molecule is Cc1ccc(NC(=S)Nc2cccc(SC(C)C(=O)Nc3ccc(Cl)cc3C(F)(F)F)c2)cc1. The molecular formula is C24H21ClF3N3OS2. The summed E-state index contributed by atoms with van der Waals surface area (Å²) in [5.74, 6) is -0.562. The first kappa shape index (κ1) is 25.9. The summed E-state index contributed by atoms with van der Waals surface area (Å²) < 4.78 is 39.9. The van der Waals surface area contributed by atoms with E-state index in [1.54, 1.807) is 25.1 Å². The van der Waals surface area contributed by atoms with Crippen LogP contribution in [0.2, 0.25) is 5.02 Å².